The van der Waals surface area contributed by atoms with Gasteiger partial charge >= 0.3 is 5.97 Å². The Kier molecular flexibility index (Phi) is 7.61. The van der Waals surface area contributed by atoms with E-state index in [4.69, 9.17) is 10.5 Å². The summed E-state index contributed by atoms with van der Waals surface area (Å²) in [6, 6.07) is 8.14. The zero-order valence-electron chi connectivity index (χ0n) is 15.7. The molecular weight excluding hydrogens is 380 g/mol. The quantitative estimate of drug-likeness (QED) is 0.293. The number of nitrogens with two attached hydrogens (primary N) is 1. The van der Waals surface area contributed by atoms with E-state index in [1.165, 1.54) is 12.1 Å². The van der Waals surface area contributed by atoms with Crippen LogP contribution >= 0.6 is 11.8 Å². The lowest BCUT2D eigenvalue weighted by Gasteiger charge is -2.29. The Labute approximate surface area is 167 Å². The number of nitro groups is 1. The van der Waals surface area contributed by atoms with Crippen LogP contribution in [0.2, 0.25) is 0 Å². The molecule has 0 bridgehead atoms. The third-order valence-corrected chi connectivity index (χ3v) is 5.20. The number of allylic oxidation sites excluding steroid dienone is 2. The van der Waals surface area contributed by atoms with Gasteiger partial charge in [0.1, 0.15) is 0 Å². The number of nitro benzene ring substituents is 1. The van der Waals surface area contributed by atoms with Crippen LogP contribution in [-0.4, -0.2) is 35.5 Å². The van der Waals surface area contributed by atoms with Crippen LogP contribution in [0.15, 0.2) is 46.8 Å². The maximum absolute atomic E-state index is 12.8. The van der Waals surface area contributed by atoms with E-state index in [9.17, 15) is 20.2 Å². The summed E-state index contributed by atoms with van der Waals surface area (Å²) in [6.07, 6.45) is 0. The molecule has 2 rings (SSSR count). The first-order valence-corrected chi connectivity index (χ1v) is 9.90. The van der Waals surface area contributed by atoms with Gasteiger partial charge in [0.2, 0.25) is 0 Å². The fraction of sp³-hybridized carbons (Fsp3) is 0.368. The van der Waals surface area contributed by atoms with Crippen LogP contribution in [0.1, 0.15) is 25.3 Å². The van der Waals surface area contributed by atoms with Crippen molar-refractivity contribution >= 4 is 23.4 Å². The van der Waals surface area contributed by atoms with E-state index in [1.54, 1.807) is 37.7 Å². The Balaban J connectivity index is 2.63. The summed E-state index contributed by atoms with van der Waals surface area (Å²) in [4.78, 5) is 23.5. The molecule has 3 N–H and O–H groups in total. The first-order valence-electron chi connectivity index (χ1n) is 8.74. The van der Waals surface area contributed by atoms with E-state index < -0.39 is 16.8 Å². The summed E-state index contributed by atoms with van der Waals surface area (Å²) < 4.78 is 5.24. The highest BCUT2D eigenvalue weighted by Gasteiger charge is 2.35. The lowest BCUT2D eigenvalue weighted by atomic mass is 9.81. The van der Waals surface area contributed by atoms with Gasteiger partial charge in [-0.2, -0.15) is 17.0 Å². The van der Waals surface area contributed by atoms with E-state index in [1.807, 2.05) is 0 Å². The van der Waals surface area contributed by atoms with Crippen LogP contribution in [0.3, 0.4) is 0 Å². The minimum absolute atomic E-state index is 0.103. The van der Waals surface area contributed by atoms with E-state index in [0.29, 0.717) is 46.2 Å². The minimum atomic E-state index is -0.737. The molecular formula is C19H22N4O4S. The Bertz CT molecular complexity index is 873. The summed E-state index contributed by atoms with van der Waals surface area (Å²) in [5.41, 5.74) is 7.81. The number of dihydropyridines is 1. The number of nitriles is 1. The van der Waals surface area contributed by atoms with Gasteiger partial charge in [-0.15, -0.1) is 0 Å². The lowest BCUT2D eigenvalue weighted by molar-refractivity contribution is -0.384. The van der Waals surface area contributed by atoms with Gasteiger partial charge in [0.05, 0.1) is 34.7 Å². The van der Waals surface area contributed by atoms with Crippen LogP contribution in [0.5, 0.6) is 0 Å². The predicted molar refractivity (Wildman–Crippen MR) is 107 cm³/mol. The second-order valence-corrected chi connectivity index (χ2v) is 7.12. The molecule has 1 heterocycles. The van der Waals surface area contributed by atoms with Gasteiger partial charge in [-0.25, -0.2) is 4.79 Å². The van der Waals surface area contributed by atoms with E-state index in [0.717, 1.165) is 0 Å². The summed E-state index contributed by atoms with van der Waals surface area (Å²) in [5, 5.41) is 24.1. The molecule has 9 heteroatoms. The minimum Gasteiger partial charge on any atom is -0.463 e. The van der Waals surface area contributed by atoms with E-state index in [-0.39, 0.29) is 12.3 Å². The highest BCUT2D eigenvalue weighted by Crippen LogP contribution is 2.39. The SMILES string of the molecule is CCOC(=O)C1=C(CSCCN)NC(C)=C(C#N)C1c1cccc([N+](=O)[O-])c1. The summed E-state index contributed by atoms with van der Waals surface area (Å²) in [6.45, 7) is 4.13. The molecule has 0 aliphatic carbocycles. The third kappa shape index (κ3) is 4.71. The Morgan fingerprint density at radius 2 is 2.25 bits per heavy atom. The Morgan fingerprint density at radius 3 is 2.86 bits per heavy atom. The smallest absolute Gasteiger partial charge is 0.336 e. The highest BCUT2D eigenvalue weighted by molar-refractivity contribution is 7.99. The van der Waals surface area contributed by atoms with Crippen molar-refractivity contribution in [3.05, 3.63) is 62.5 Å². The van der Waals surface area contributed by atoms with Gasteiger partial charge in [0.25, 0.3) is 5.69 Å². The highest BCUT2D eigenvalue weighted by atomic mass is 32.2. The molecule has 0 fully saturated rings. The monoisotopic (exact) mass is 402 g/mol. The normalized spacial score (nSPS) is 16.4. The number of esters is 1. The summed E-state index contributed by atoms with van der Waals surface area (Å²) in [5.74, 6) is -0.0996. The maximum Gasteiger partial charge on any atom is 0.336 e. The molecule has 1 unspecified atom stereocenters. The zero-order valence-corrected chi connectivity index (χ0v) is 16.5. The molecule has 1 atom stereocenters. The van der Waals surface area contributed by atoms with Crippen molar-refractivity contribution in [2.75, 3.05) is 24.7 Å². The van der Waals surface area contributed by atoms with Crippen molar-refractivity contribution in [1.29, 1.82) is 5.26 Å². The van der Waals surface area contributed by atoms with Gasteiger partial charge in [0.15, 0.2) is 0 Å². The molecule has 0 saturated carbocycles. The third-order valence-electron chi connectivity index (χ3n) is 4.18. The fourth-order valence-electron chi connectivity index (χ4n) is 3.02. The summed E-state index contributed by atoms with van der Waals surface area (Å²) in [7, 11) is 0. The van der Waals surface area contributed by atoms with Gasteiger partial charge < -0.3 is 15.8 Å². The zero-order chi connectivity index (χ0) is 20.7. The van der Waals surface area contributed by atoms with Crippen molar-refractivity contribution in [2.24, 2.45) is 5.73 Å². The second kappa shape index (κ2) is 9.92. The van der Waals surface area contributed by atoms with Crippen LogP contribution in [0.4, 0.5) is 5.69 Å². The number of hydrogen-bond acceptors (Lipinski definition) is 8. The Hall–Kier alpha value is -2.83. The van der Waals surface area contributed by atoms with Crippen molar-refractivity contribution in [2.45, 2.75) is 19.8 Å². The van der Waals surface area contributed by atoms with Gasteiger partial charge in [-0.1, -0.05) is 12.1 Å². The number of thioether (sulfide) groups is 1. The van der Waals surface area contributed by atoms with Gasteiger partial charge in [-0.3, -0.25) is 10.1 Å². The number of rotatable bonds is 8. The maximum atomic E-state index is 12.8. The van der Waals surface area contributed by atoms with Crippen LogP contribution in [-0.2, 0) is 9.53 Å². The number of carbonyl (C=O) groups is 1. The van der Waals surface area contributed by atoms with Crippen LogP contribution in [0.25, 0.3) is 0 Å². The average Bonchev–Trinajstić information content (AvgIpc) is 2.67. The molecule has 28 heavy (non-hydrogen) atoms. The van der Waals surface area contributed by atoms with E-state index in [2.05, 4.69) is 11.4 Å². The number of non-ortho nitro benzene ring substituents is 1. The lowest BCUT2D eigenvalue weighted by Crippen LogP contribution is -2.31. The molecule has 0 amide bonds. The topological polar surface area (TPSA) is 131 Å². The van der Waals surface area contributed by atoms with Crippen molar-refractivity contribution < 1.29 is 14.5 Å². The molecule has 8 nitrogen and oxygen atoms in total. The number of ether oxygens (including phenoxy) is 1. The second-order valence-electron chi connectivity index (χ2n) is 6.01. The number of carbonyl (C=O) groups excluding carboxylic acids is 1. The largest absolute Gasteiger partial charge is 0.463 e. The van der Waals surface area contributed by atoms with Crippen molar-refractivity contribution in [1.82, 2.24) is 5.32 Å². The molecule has 1 aromatic carbocycles. The first-order chi connectivity index (χ1) is 13.4. The van der Waals surface area contributed by atoms with Crippen molar-refractivity contribution in [3.63, 3.8) is 0 Å². The molecule has 1 aromatic rings. The fourth-order valence-corrected chi connectivity index (χ4v) is 3.76. The predicted octanol–water partition coefficient (Wildman–Crippen LogP) is 2.59. The van der Waals surface area contributed by atoms with E-state index >= 15 is 0 Å². The van der Waals surface area contributed by atoms with Crippen molar-refractivity contribution in [3.8, 4) is 6.07 Å². The first kappa shape index (κ1) is 21.5. The average molecular weight is 402 g/mol. The molecule has 1 aliphatic heterocycles. The molecule has 1 aliphatic rings. The van der Waals surface area contributed by atoms with Crippen LogP contribution < -0.4 is 11.1 Å². The number of nitrogens with zero attached hydrogens (tertiary/aromatic N) is 2. The molecule has 0 saturated heterocycles. The molecule has 0 radical (unpaired) electrons. The number of benzene rings is 1. The number of hydrogen-bond donors (Lipinski definition) is 2. The summed E-state index contributed by atoms with van der Waals surface area (Å²) >= 11 is 1.55. The van der Waals surface area contributed by atoms with Crippen LogP contribution in [0, 0.1) is 21.4 Å². The van der Waals surface area contributed by atoms with Gasteiger partial charge in [-0.05, 0) is 19.4 Å². The Morgan fingerprint density at radius 1 is 1.50 bits per heavy atom. The molecule has 148 valence electrons. The number of nitrogens with one attached hydrogen (secondary N) is 1. The molecule has 0 aromatic heterocycles. The molecule has 0 spiro atoms. The standard InChI is InChI=1S/C19H22N4O4S/c1-3-27-19(24)18-16(11-28-8-7-20)22-12(2)15(10-21)17(18)13-5-4-6-14(9-13)23(25)26/h4-6,9,17,22H,3,7-8,11,20H2,1-2H3. The van der Waals surface area contributed by atoms with Gasteiger partial charge in [0, 0.05) is 41.6 Å².